The van der Waals surface area contributed by atoms with Gasteiger partial charge in [0.2, 0.25) is 0 Å². The molecule has 4 nitrogen and oxygen atoms in total. The Kier molecular flexibility index (Phi) is 2.65. The average molecular weight is 210 g/mol. The molecule has 2 heterocycles. The fourth-order valence-electron chi connectivity index (χ4n) is 0.996. The summed E-state index contributed by atoms with van der Waals surface area (Å²) >= 11 is 5.59. The Morgan fingerprint density at radius 1 is 1.29 bits per heavy atom. The number of halogens is 1. The van der Waals surface area contributed by atoms with Crippen LogP contribution >= 0.6 is 11.6 Å². The summed E-state index contributed by atoms with van der Waals surface area (Å²) in [5.41, 5.74) is 1.06. The molecule has 2 rings (SSSR count). The number of aromatic nitrogens is 2. The van der Waals surface area contributed by atoms with E-state index >= 15 is 0 Å². The lowest BCUT2D eigenvalue weighted by atomic mass is 10.3. The number of furan rings is 1. The van der Waals surface area contributed by atoms with Crippen molar-refractivity contribution in [3.8, 4) is 0 Å². The first kappa shape index (κ1) is 9.02. The summed E-state index contributed by atoms with van der Waals surface area (Å²) < 4.78 is 4.92. The first-order valence-corrected chi connectivity index (χ1v) is 4.46. The molecule has 72 valence electrons. The van der Waals surface area contributed by atoms with E-state index < -0.39 is 0 Å². The van der Waals surface area contributed by atoms with Gasteiger partial charge in [0.1, 0.15) is 5.82 Å². The van der Waals surface area contributed by atoms with E-state index in [0.29, 0.717) is 17.5 Å². The van der Waals surface area contributed by atoms with Gasteiger partial charge in [0.15, 0.2) is 5.15 Å². The van der Waals surface area contributed by atoms with Crippen molar-refractivity contribution >= 4 is 17.4 Å². The van der Waals surface area contributed by atoms with Crippen LogP contribution in [0.5, 0.6) is 0 Å². The number of nitrogens with zero attached hydrogens (tertiary/aromatic N) is 2. The minimum Gasteiger partial charge on any atom is -0.472 e. The topological polar surface area (TPSA) is 51.0 Å². The third-order valence-electron chi connectivity index (χ3n) is 1.69. The van der Waals surface area contributed by atoms with Crippen LogP contribution in [-0.4, -0.2) is 10.2 Å². The number of anilines is 1. The lowest BCUT2D eigenvalue weighted by Gasteiger charge is -2.01. The normalized spacial score (nSPS) is 10.1. The van der Waals surface area contributed by atoms with Gasteiger partial charge in [-0.25, -0.2) is 0 Å². The van der Waals surface area contributed by atoms with Crippen LogP contribution in [0, 0.1) is 0 Å². The Hall–Kier alpha value is -1.55. The van der Waals surface area contributed by atoms with Crippen molar-refractivity contribution in [3.05, 3.63) is 41.4 Å². The molecule has 5 heteroatoms. The third kappa shape index (κ3) is 2.23. The Labute approximate surface area is 85.9 Å². The zero-order valence-electron chi connectivity index (χ0n) is 7.27. The van der Waals surface area contributed by atoms with Crippen molar-refractivity contribution in [1.29, 1.82) is 0 Å². The highest BCUT2D eigenvalue weighted by molar-refractivity contribution is 6.29. The molecule has 0 saturated carbocycles. The van der Waals surface area contributed by atoms with Crippen molar-refractivity contribution in [2.45, 2.75) is 6.54 Å². The van der Waals surface area contributed by atoms with Gasteiger partial charge in [0.25, 0.3) is 0 Å². The van der Waals surface area contributed by atoms with Gasteiger partial charge < -0.3 is 9.73 Å². The molecular weight excluding hydrogens is 202 g/mol. The molecule has 2 aromatic rings. The zero-order chi connectivity index (χ0) is 9.80. The van der Waals surface area contributed by atoms with Crippen molar-refractivity contribution in [3.63, 3.8) is 0 Å². The molecule has 0 aliphatic heterocycles. The Balaban J connectivity index is 1.95. The number of nitrogens with one attached hydrogen (secondary N) is 1. The highest BCUT2D eigenvalue weighted by atomic mass is 35.5. The minimum absolute atomic E-state index is 0.388. The smallest absolute Gasteiger partial charge is 0.151 e. The van der Waals surface area contributed by atoms with Crippen LogP contribution in [0.3, 0.4) is 0 Å². The second kappa shape index (κ2) is 4.11. The number of hydrogen-bond donors (Lipinski definition) is 1. The fraction of sp³-hybridized carbons (Fsp3) is 0.111. The SMILES string of the molecule is Clc1ccc(NCc2ccoc2)nn1. The van der Waals surface area contributed by atoms with E-state index in [0.717, 1.165) is 5.56 Å². The summed E-state index contributed by atoms with van der Waals surface area (Å²) in [4.78, 5) is 0. The predicted molar refractivity (Wildman–Crippen MR) is 53.1 cm³/mol. The Morgan fingerprint density at radius 2 is 2.21 bits per heavy atom. The van der Waals surface area contributed by atoms with Gasteiger partial charge in [-0.3, -0.25) is 0 Å². The van der Waals surface area contributed by atoms with Gasteiger partial charge in [-0.1, -0.05) is 11.6 Å². The molecule has 14 heavy (non-hydrogen) atoms. The quantitative estimate of drug-likeness (QED) is 0.843. The lowest BCUT2D eigenvalue weighted by molar-refractivity contribution is 0.564. The minimum atomic E-state index is 0.388. The van der Waals surface area contributed by atoms with Gasteiger partial charge in [0, 0.05) is 12.1 Å². The number of hydrogen-bond acceptors (Lipinski definition) is 4. The molecule has 0 unspecified atom stereocenters. The molecule has 0 spiro atoms. The van der Waals surface area contributed by atoms with Crippen LogP contribution in [0.25, 0.3) is 0 Å². The first-order valence-electron chi connectivity index (χ1n) is 4.09. The molecule has 0 atom stereocenters. The maximum atomic E-state index is 5.59. The fourth-order valence-corrected chi connectivity index (χ4v) is 1.10. The maximum absolute atomic E-state index is 5.59. The highest BCUT2D eigenvalue weighted by Crippen LogP contribution is 2.08. The molecule has 0 amide bonds. The van der Waals surface area contributed by atoms with Crippen molar-refractivity contribution in [1.82, 2.24) is 10.2 Å². The summed E-state index contributed by atoms with van der Waals surface area (Å²) in [5, 5.41) is 11.0. The van der Waals surface area contributed by atoms with Crippen LogP contribution in [-0.2, 0) is 6.54 Å². The average Bonchev–Trinajstić information content (AvgIpc) is 2.70. The van der Waals surface area contributed by atoms with Crippen molar-refractivity contribution in [2.24, 2.45) is 0 Å². The zero-order valence-corrected chi connectivity index (χ0v) is 8.03. The largest absolute Gasteiger partial charge is 0.472 e. The summed E-state index contributed by atoms with van der Waals surface area (Å²) in [7, 11) is 0. The summed E-state index contributed by atoms with van der Waals surface area (Å²) in [6, 6.07) is 5.35. The van der Waals surface area contributed by atoms with Gasteiger partial charge in [-0.2, -0.15) is 0 Å². The monoisotopic (exact) mass is 209 g/mol. The van der Waals surface area contributed by atoms with E-state index in [-0.39, 0.29) is 0 Å². The predicted octanol–water partition coefficient (Wildman–Crippen LogP) is 2.34. The molecule has 0 fully saturated rings. The Morgan fingerprint density at radius 3 is 2.86 bits per heavy atom. The van der Waals surface area contributed by atoms with E-state index in [1.165, 1.54) is 0 Å². The van der Waals surface area contributed by atoms with Crippen LogP contribution in [0.15, 0.2) is 35.1 Å². The second-order valence-corrected chi connectivity index (χ2v) is 3.11. The number of rotatable bonds is 3. The highest BCUT2D eigenvalue weighted by Gasteiger charge is 1.96. The first-order chi connectivity index (χ1) is 6.84. The molecule has 2 aromatic heterocycles. The van der Waals surface area contributed by atoms with E-state index in [2.05, 4.69) is 15.5 Å². The van der Waals surface area contributed by atoms with Gasteiger partial charge in [-0.05, 0) is 18.2 Å². The summed E-state index contributed by atoms with van der Waals surface area (Å²) in [6.45, 7) is 0.660. The van der Waals surface area contributed by atoms with E-state index in [4.69, 9.17) is 16.0 Å². The van der Waals surface area contributed by atoms with Crippen LogP contribution in [0.4, 0.5) is 5.82 Å². The molecule has 0 aliphatic rings. The van der Waals surface area contributed by atoms with Crippen LogP contribution < -0.4 is 5.32 Å². The molecule has 1 N–H and O–H groups in total. The lowest BCUT2D eigenvalue weighted by Crippen LogP contribution is -2.00. The molecule has 0 saturated heterocycles. The van der Waals surface area contributed by atoms with Crippen LogP contribution in [0.2, 0.25) is 5.15 Å². The third-order valence-corrected chi connectivity index (χ3v) is 1.89. The molecule has 0 radical (unpaired) electrons. The maximum Gasteiger partial charge on any atom is 0.151 e. The van der Waals surface area contributed by atoms with E-state index in [1.807, 2.05) is 6.07 Å². The standard InChI is InChI=1S/C9H8ClN3O/c10-8-1-2-9(13-12-8)11-5-7-3-4-14-6-7/h1-4,6H,5H2,(H,11,13). The van der Waals surface area contributed by atoms with Gasteiger partial charge in [-0.15, -0.1) is 10.2 Å². The van der Waals surface area contributed by atoms with Crippen LogP contribution in [0.1, 0.15) is 5.56 Å². The van der Waals surface area contributed by atoms with Crippen molar-refractivity contribution < 1.29 is 4.42 Å². The molecule has 0 aliphatic carbocycles. The van der Waals surface area contributed by atoms with Crippen molar-refractivity contribution in [2.75, 3.05) is 5.32 Å². The molecule has 0 bridgehead atoms. The second-order valence-electron chi connectivity index (χ2n) is 2.73. The Bertz CT molecular complexity index is 385. The summed E-state index contributed by atoms with van der Waals surface area (Å²) in [5.74, 6) is 0.690. The molecular formula is C9H8ClN3O. The van der Waals surface area contributed by atoms with E-state index in [9.17, 15) is 0 Å². The van der Waals surface area contributed by atoms with E-state index in [1.54, 1.807) is 24.7 Å². The molecule has 0 aromatic carbocycles. The summed E-state index contributed by atoms with van der Waals surface area (Å²) in [6.07, 6.45) is 3.31. The van der Waals surface area contributed by atoms with Gasteiger partial charge >= 0.3 is 0 Å². The van der Waals surface area contributed by atoms with Gasteiger partial charge in [0.05, 0.1) is 12.5 Å².